The van der Waals surface area contributed by atoms with Crippen LogP contribution in [0.5, 0.6) is 0 Å². The van der Waals surface area contributed by atoms with Crippen LogP contribution in [0.15, 0.2) is 35.3 Å². The molecular formula is C17H28IN3O2. The van der Waals surface area contributed by atoms with E-state index >= 15 is 0 Å². The SMILES string of the molecule is CN=C(NCC1(OC)CCOCC1)N(C)Cc1ccccc1.I. The number of methoxy groups -OCH3 is 1. The zero-order valence-corrected chi connectivity index (χ0v) is 16.6. The summed E-state index contributed by atoms with van der Waals surface area (Å²) in [5.74, 6) is 0.881. The average molecular weight is 433 g/mol. The summed E-state index contributed by atoms with van der Waals surface area (Å²) in [6.07, 6.45) is 1.83. The first-order valence-corrected chi connectivity index (χ1v) is 7.78. The van der Waals surface area contributed by atoms with Crippen LogP contribution >= 0.6 is 24.0 Å². The Morgan fingerprint density at radius 3 is 2.52 bits per heavy atom. The second-order valence-corrected chi connectivity index (χ2v) is 5.74. The van der Waals surface area contributed by atoms with Crippen LogP contribution in [0.2, 0.25) is 0 Å². The van der Waals surface area contributed by atoms with Gasteiger partial charge in [0.05, 0.1) is 5.60 Å². The number of nitrogens with one attached hydrogen (secondary N) is 1. The summed E-state index contributed by atoms with van der Waals surface area (Å²) >= 11 is 0. The molecule has 1 saturated heterocycles. The van der Waals surface area contributed by atoms with E-state index in [9.17, 15) is 0 Å². The van der Waals surface area contributed by atoms with Crippen LogP contribution in [-0.2, 0) is 16.0 Å². The van der Waals surface area contributed by atoms with Gasteiger partial charge in [0.2, 0.25) is 0 Å². The number of guanidine groups is 1. The largest absolute Gasteiger partial charge is 0.381 e. The molecule has 1 fully saturated rings. The van der Waals surface area contributed by atoms with Crippen LogP contribution in [0.4, 0.5) is 0 Å². The van der Waals surface area contributed by atoms with Gasteiger partial charge in [-0.1, -0.05) is 30.3 Å². The average Bonchev–Trinajstić information content (AvgIpc) is 2.57. The fraction of sp³-hybridized carbons (Fsp3) is 0.588. The second-order valence-electron chi connectivity index (χ2n) is 5.74. The van der Waals surface area contributed by atoms with E-state index in [4.69, 9.17) is 9.47 Å². The van der Waals surface area contributed by atoms with E-state index in [-0.39, 0.29) is 29.6 Å². The molecule has 0 atom stereocenters. The van der Waals surface area contributed by atoms with Crippen molar-refractivity contribution in [2.45, 2.75) is 25.0 Å². The molecule has 0 bridgehead atoms. The Hall–Kier alpha value is -0.860. The molecule has 6 heteroatoms. The maximum atomic E-state index is 5.76. The van der Waals surface area contributed by atoms with Gasteiger partial charge in [0, 0.05) is 60.4 Å². The Morgan fingerprint density at radius 2 is 1.96 bits per heavy atom. The summed E-state index contributed by atoms with van der Waals surface area (Å²) in [6, 6.07) is 10.4. The monoisotopic (exact) mass is 433 g/mol. The molecule has 0 unspecified atom stereocenters. The molecule has 1 aromatic carbocycles. The number of rotatable bonds is 5. The first kappa shape index (κ1) is 20.2. The standard InChI is InChI=1S/C17H27N3O2.HI/c1-18-16(20(2)13-15-7-5-4-6-8-15)19-14-17(21-3)9-11-22-12-10-17;/h4-8H,9-14H2,1-3H3,(H,18,19);1H. The Balaban J connectivity index is 0.00000264. The van der Waals surface area contributed by atoms with Crippen molar-refractivity contribution in [1.82, 2.24) is 10.2 Å². The maximum absolute atomic E-state index is 5.76. The van der Waals surface area contributed by atoms with Crippen molar-refractivity contribution in [3.63, 3.8) is 0 Å². The Morgan fingerprint density at radius 1 is 1.30 bits per heavy atom. The molecule has 5 nitrogen and oxygen atoms in total. The zero-order chi connectivity index (χ0) is 15.8. The van der Waals surface area contributed by atoms with Gasteiger partial charge in [-0.25, -0.2) is 0 Å². The third-order valence-corrected chi connectivity index (χ3v) is 4.24. The summed E-state index contributed by atoms with van der Waals surface area (Å²) in [7, 11) is 5.64. The van der Waals surface area contributed by atoms with Crippen LogP contribution in [-0.4, -0.2) is 57.4 Å². The van der Waals surface area contributed by atoms with Crippen molar-refractivity contribution in [2.75, 3.05) is 41.0 Å². The molecule has 0 aliphatic carbocycles. The molecule has 2 rings (SSSR count). The van der Waals surface area contributed by atoms with E-state index in [0.29, 0.717) is 0 Å². The first-order valence-electron chi connectivity index (χ1n) is 7.78. The van der Waals surface area contributed by atoms with Gasteiger partial charge in [-0.2, -0.15) is 0 Å². The molecular weight excluding hydrogens is 405 g/mol. The normalized spacial score (nSPS) is 17.3. The summed E-state index contributed by atoms with van der Waals surface area (Å²) in [6.45, 7) is 3.09. The molecule has 1 aliphatic heterocycles. The van der Waals surface area contributed by atoms with Gasteiger partial charge in [-0.05, 0) is 5.56 Å². The van der Waals surface area contributed by atoms with Gasteiger partial charge in [0.1, 0.15) is 0 Å². The summed E-state index contributed by atoms with van der Waals surface area (Å²) in [5.41, 5.74) is 1.11. The fourth-order valence-corrected chi connectivity index (χ4v) is 2.75. The molecule has 1 aromatic rings. The van der Waals surface area contributed by atoms with Gasteiger partial charge in [-0.3, -0.25) is 4.99 Å². The van der Waals surface area contributed by atoms with Crippen molar-refractivity contribution in [3.05, 3.63) is 35.9 Å². The molecule has 0 spiro atoms. The Bertz CT molecular complexity index is 476. The molecule has 1 N–H and O–H groups in total. The molecule has 0 saturated carbocycles. The number of hydrogen-bond acceptors (Lipinski definition) is 3. The number of halogens is 1. The molecule has 130 valence electrons. The predicted molar refractivity (Wildman–Crippen MR) is 104 cm³/mol. The lowest BCUT2D eigenvalue weighted by Gasteiger charge is -2.37. The molecule has 1 aliphatic rings. The Kier molecular flexibility index (Phi) is 8.86. The van der Waals surface area contributed by atoms with E-state index in [1.165, 1.54) is 5.56 Å². The summed E-state index contributed by atoms with van der Waals surface area (Å²) in [5, 5.41) is 3.45. The third kappa shape index (κ3) is 5.93. The van der Waals surface area contributed by atoms with E-state index in [2.05, 4.69) is 39.5 Å². The quantitative estimate of drug-likeness (QED) is 0.441. The van der Waals surface area contributed by atoms with Crippen LogP contribution in [0.25, 0.3) is 0 Å². The minimum Gasteiger partial charge on any atom is -0.381 e. The molecule has 0 radical (unpaired) electrons. The van der Waals surface area contributed by atoms with E-state index in [1.807, 2.05) is 20.2 Å². The van der Waals surface area contributed by atoms with E-state index in [1.54, 1.807) is 7.11 Å². The highest BCUT2D eigenvalue weighted by molar-refractivity contribution is 14.0. The smallest absolute Gasteiger partial charge is 0.193 e. The van der Waals surface area contributed by atoms with E-state index < -0.39 is 0 Å². The second kappa shape index (κ2) is 10.1. The third-order valence-electron chi connectivity index (χ3n) is 4.24. The van der Waals surface area contributed by atoms with Crippen molar-refractivity contribution in [3.8, 4) is 0 Å². The van der Waals surface area contributed by atoms with Gasteiger partial charge >= 0.3 is 0 Å². The number of aliphatic imine (C=N–C) groups is 1. The lowest BCUT2D eigenvalue weighted by molar-refractivity contribution is -0.0857. The minimum absolute atomic E-state index is 0. The fourth-order valence-electron chi connectivity index (χ4n) is 2.75. The van der Waals surface area contributed by atoms with Gasteiger partial charge in [-0.15, -0.1) is 24.0 Å². The lowest BCUT2D eigenvalue weighted by atomic mass is 9.94. The molecule has 1 heterocycles. The van der Waals surface area contributed by atoms with Gasteiger partial charge in [0.25, 0.3) is 0 Å². The highest BCUT2D eigenvalue weighted by Gasteiger charge is 2.32. The predicted octanol–water partition coefficient (Wildman–Crippen LogP) is 2.51. The minimum atomic E-state index is -0.151. The van der Waals surface area contributed by atoms with Gasteiger partial charge in [0.15, 0.2) is 5.96 Å². The molecule has 0 aromatic heterocycles. The highest BCUT2D eigenvalue weighted by atomic mass is 127. The number of ether oxygens (including phenoxy) is 2. The van der Waals surface area contributed by atoms with Crippen LogP contribution < -0.4 is 5.32 Å². The van der Waals surface area contributed by atoms with Crippen molar-refractivity contribution in [1.29, 1.82) is 0 Å². The van der Waals surface area contributed by atoms with E-state index in [0.717, 1.165) is 45.1 Å². The zero-order valence-electron chi connectivity index (χ0n) is 14.2. The van der Waals surface area contributed by atoms with Crippen LogP contribution in [0.3, 0.4) is 0 Å². The number of nitrogens with zero attached hydrogens (tertiary/aromatic N) is 2. The Labute approximate surface area is 156 Å². The molecule has 0 amide bonds. The number of hydrogen-bond donors (Lipinski definition) is 1. The maximum Gasteiger partial charge on any atom is 0.193 e. The molecule has 23 heavy (non-hydrogen) atoms. The lowest BCUT2D eigenvalue weighted by Crippen LogP contribution is -2.50. The number of benzene rings is 1. The van der Waals surface area contributed by atoms with Crippen LogP contribution in [0, 0.1) is 0 Å². The first-order chi connectivity index (χ1) is 10.7. The van der Waals surface area contributed by atoms with Crippen molar-refractivity contribution in [2.24, 2.45) is 4.99 Å². The highest BCUT2D eigenvalue weighted by Crippen LogP contribution is 2.23. The van der Waals surface area contributed by atoms with Crippen LogP contribution in [0.1, 0.15) is 18.4 Å². The summed E-state index contributed by atoms with van der Waals surface area (Å²) in [4.78, 5) is 6.50. The topological polar surface area (TPSA) is 46.1 Å². The van der Waals surface area contributed by atoms with Gasteiger partial charge < -0.3 is 19.7 Å². The van der Waals surface area contributed by atoms with Crippen molar-refractivity contribution >= 4 is 29.9 Å². The summed E-state index contributed by atoms with van der Waals surface area (Å²) < 4.78 is 11.2. The van der Waals surface area contributed by atoms with Crippen molar-refractivity contribution < 1.29 is 9.47 Å².